The molecule has 0 aromatic carbocycles. The fourth-order valence-corrected chi connectivity index (χ4v) is 6.78. The second-order valence-electron chi connectivity index (χ2n) is 8.25. The van der Waals surface area contributed by atoms with Gasteiger partial charge in [-0.3, -0.25) is 0 Å². The van der Waals surface area contributed by atoms with Gasteiger partial charge in [0.1, 0.15) is 0 Å². The third kappa shape index (κ3) is 2.14. The second kappa shape index (κ2) is 5.28. The summed E-state index contributed by atoms with van der Waals surface area (Å²) in [4.78, 5) is 0. The lowest BCUT2D eigenvalue weighted by molar-refractivity contribution is -0.118. The van der Waals surface area contributed by atoms with E-state index in [9.17, 15) is 10.2 Å². The summed E-state index contributed by atoms with van der Waals surface area (Å²) in [5, 5.41) is 19.0. The molecule has 0 amide bonds. The predicted molar refractivity (Wildman–Crippen MR) is 78.8 cm³/mol. The highest BCUT2D eigenvalue weighted by molar-refractivity contribution is 4.99. The molecule has 4 aliphatic rings. The Balaban J connectivity index is 1.48. The van der Waals surface area contributed by atoms with Gasteiger partial charge in [-0.15, -0.1) is 0 Å². The molecular weight excluding hydrogens is 248 g/mol. The van der Waals surface area contributed by atoms with Gasteiger partial charge in [0.15, 0.2) is 6.29 Å². The highest BCUT2D eigenvalue weighted by atomic mass is 16.5. The first kappa shape index (κ1) is 13.6. The summed E-state index contributed by atoms with van der Waals surface area (Å²) < 4.78 is 0. The Morgan fingerprint density at radius 1 is 0.600 bits per heavy atom. The van der Waals surface area contributed by atoms with Crippen LogP contribution >= 0.6 is 0 Å². The van der Waals surface area contributed by atoms with Crippen molar-refractivity contribution in [2.24, 2.45) is 41.4 Å². The monoisotopic (exact) mass is 278 g/mol. The normalized spacial score (nSPS) is 51.5. The molecule has 0 aromatic heterocycles. The van der Waals surface area contributed by atoms with Gasteiger partial charge in [0, 0.05) is 5.92 Å². The van der Waals surface area contributed by atoms with Gasteiger partial charge in [-0.2, -0.15) is 0 Å². The number of rotatable bonds is 1. The van der Waals surface area contributed by atoms with Crippen molar-refractivity contribution in [2.45, 2.75) is 70.5 Å². The van der Waals surface area contributed by atoms with E-state index in [0.29, 0.717) is 0 Å². The second-order valence-corrected chi connectivity index (χ2v) is 8.25. The average molecular weight is 278 g/mol. The predicted octanol–water partition coefficient (Wildman–Crippen LogP) is 3.57. The first-order valence-corrected chi connectivity index (χ1v) is 9.10. The molecule has 2 unspecified atom stereocenters. The van der Waals surface area contributed by atoms with Crippen LogP contribution in [0.1, 0.15) is 64.2 Å². The average Bonchev–Trinajstić information content (AvgIpc) is 2.94. The van der Waals surface area contributed by atoms with Gasteiger partial charge >= 0.3 is 0 Å². The van der Waals surface area contributed by atoms with E-state index < -0.39 is 6.29 Å². The molecule has 0 saturated heterocycles. The first-order valence-electron chi connectivity index (χ1n) is 9.10. The molecule has 0 radical (unpaired) electrons. The van der Waals surface area contributed by atoms with Gasteiger partial charge in [0.25, 0.3) is 0 Å². The lowest BCUT2D eigenvalue weighted by Crippen LogP contribution is -2.45. The molecule has 114 valence electrons. The van der Waals surface area contributed by atoms with E-state index in [1.165, 1.54) is 51.4 Å². The summed E-state index contributed by atoms with van der Waals surface area (Å²) in [5.41, 5.74) is 0. The van der Waals surface area contributed by atoms with E-state index in [1.807, 2.05) is 0 Å². The molecule has 0 aliphatic heterocycles. The van der Waals surface area contributed by atoms with Crippen LogP contribution in [0.2, 0.25) is 0 Å². The lowest BCUT2D eigenvalue weighted by Gasteiger charge is -2.53. The van der Waals surface area contributed by atoms with E-state index >= 15 is 0 Å². The summed E-state index contributed by atoms with van der Waals surface area (Å²) in [5.74, 6) is 6.05. The maximum atomic E-state index is 9.48. The standard InChI is InChI=1S/C18H30O2/c19-18(20)13-6-7-15-12(10-13)5-9-16-14-3-1-2-11(14)4-8-17(15)16/h11-20H,1-10H2/t11-,12?,13?,14+,15+,16+,17-/m1/s1. The number of aliphatic hydroxyl groups is 2. The number of hydrogen-bond acceptors (Lipinski definition) is 2. The van der Waals surface area contributed by atoms with E-state index in [-0.39, 0.29) is 5.92 Å². The number of aliphatic hydroxyl groups excluding tert-OH is 1. The van der Waals surface area contributed by atoms with Crippen LogP contribution in [0.4, 0.5) is 0 Å². The molecule has 2 heteroatoms. The fourth-order valence-electron chi connectivity index (χ4n) is 6.78. The molecule has 20 heavy (non-hydrogen) atoms. The van der Waals surface area contributed by atoms with E-state index in [0.717, 1.165) is 48.3 Å². The summed E-state index contributed by atoms with van der Waals surface area (Å²) in [7, 11) is 0. The molecule has 2 N–H and O–H groups in total. The fraction of sp³-hybridized carbons (Fsp3) is 1.00. The van der Waals surface area contributed by atoms with Gasteiger partial charge < -0.3 is 10.2 Å². The summed E-state index contributed by atoms with van der Waals surface area (Å²) in [6.07, 6.45) is 12.7. The zero-order valence-corrected chi connectivity index (χ0v) is 12.6. The van der Waals surface area contributed by atoms with Crippen molar-refractivity contribution in [3.8, 4) is 0 Å². The molecule has 7 atom stereocenters. The lowest BCUT2D eigenvalue weighted by atomic mass is 9.53. The van der Waals surface area contributed by atoms with E-state index in [4.69, 9.17) is 0 Å². The number of hydrogen-bond donors (Lipinski definition) is 2. The van der Waals surface area contributed by atoms with Crippen molar-refractivity contribution in [1.82, 2.24) is 0 Å². The molecule has 4 fully saturated rings. The van der Waals surface area contributed by atoms with Crippen LogP contribution in [0.5, 0.6) is 0 Å². The van der Waals surface area contributed by atoms with Gasteiger partial charge in [-0.1, -0.05) is 12.8 Å². The van der Waals surface area contributed by atoms with Crippen LogP contribution in [0, 0.1) is 41.4 Å². The van der Waals surface area contributed by atoms with Gasteiger partial charge in [0.05, 0.1) is 0 Å². The summed E-state index contributed by atoms with van der Waals surface area (Å²) >= 11 is 0. The zero-order chi connectivity index (χ0) is 13.7. The first-order chi connectivity index (χ1) is 9.74. The minimum Gasteiger partial charge on any atom is -0.368 e. The highest BCUT2D eigenvalue weighted by Gasteiger charge is 2.49. The maximum absolute atomic E-state index is 9.48. The van der Waals surface area contributed by atoms with Crippen molar-refractivity contribution < 1.29 is 10.2 Å². The Labute approximate surface area is 123 Å². The Hall–Kier alpha value is -0.0800. The molecule has 2 nitrogen and oxygen atoms in total. The zero-order valence-electron chi connectivity index (χ0n) is 12.6. The quantitative estimate of drug-likeness (QED) is 0.720. The molecule has 0 heterocycles. The van der Waals surface area contributed by atoms with Gasteiger partial charge in [0.2, 0.25) is 0 Å². The minimum absolute atomic E-state index is 0.163. The van der Waals surface area contributed by atoms with Crippen LogP contribution in [-0.4, -0.2) is 16.5 Å². The summed E-state index contributed by atoms with van der Waals surface area (Å²) in [6, 6.07) is 0. The van der Waals surface area contributed by atoms with Crippen LogP contribution in [0.25, 0.3) is 0 Å². The van der Waals surface area contributed by atoms with Crippen LogP contribution in [0.3, 0.4) is 0 Å². The molecule has 4 saturated carbocycles. The smallest absolute Gasteiger partial charge is 0.154 e. The summed E-state index contributed by atoms with van der Waals surface area (Å²) in [6.45, 7) is 0. The Morgan fingerprint density at radius 2 is 1.25 bits per heavy atom. The largest absolute Gasteiger partial charge is 0.368 e. The Bertz CT molecular complexity index is 353. The van der Waals surface area contributed by atoms with Crippen molar-refractivity contribution >= 4 is 0 Å². The number of fused-ring (bicyclic) bond motifs is 5. The van der Waals surface area contributed by atoms with Gasteiger partial charge in [-0.05, 0) is 86.9 Å². The SMILES string of the molecule is OC(O)C1CC[C@H]2C(CC[C@H]3[C@H]4CCC[C@@H]4CC[C@@H]32)C1. The molecule has 4 aliphatic carbocycles. The maximum Gasteiger partial charge on any atom is 0.154 e. The minimum atomic E-state index is -1.07. The molecule has 0 spiro atoms. The Morgan fingerprint density at radius 3 is 2.00 bits per heavy atom. The van der Waals surface area contributed by atoms with Crippen molar-refractivity contribution in [2.75, 3.05) is 0 Å². The van der Waals surface area contributed by atoms with Crippen molar-refractivity contribution in [3.05, 3.63) is 0 Å². The molecule has 0 aromatic rings. The third-order valence-corrected chi connectivity index (χ3v) is 7.61. The third-order valence-electron chi connectivity index (χ3n) is 7.61. The van der Waals surface area contributed by atoms with Crippen LogP contribution < -0.4 is 0 Å². The highest BCUT2D eigenvalue weighted by Crippen LogP contribution is 2.58. The topological polar surface area (TPSA) is 40.5 Å². The van der Waals surface area contributed by atoms with Crippen molar-refractivity contribution in [1.29, 1.82) is 0 Å². The van der Waals surface area contributed by atoms with Crippen molar-refractivity contribution in [3.63, 3.8) is 0 Å². The van der Waals surface area contributed by atoms with Crippen LogP contribution in [-0.2, 0) is 0 Å². The van der Waals surface area contributed by atoms with E-state index in [2.05, 4.69) is 0 Å². The molecular formula is C18H30O2. The molecule has 4 rings (SSSR count). The van der Waals surface area contributed by atoms with Gasteiger partial charge in [-0.25, -0.2) is 0 Å². The van der Waals surface area contributed by atoms with E-state index in [1.54, 1.807) is 0 Å². The molecule has 0 bridgehead atoms. The van der Waals surface area contributed by atoms with Crippen LogP contribution in [0.15, 0.2) is 0 Å². The Kier molecular flexibility index (Phi) is 3.58.